The third kappa shape index (κ3) is 3.14. The second-order valence-electron chi connectivity index (χ2n) is 4.53. The molecule has 1 aliphatic rings. The molecule has 1 saturated heterocycles. The summed E-state index contributed by atoms with van der Waals surface area (Å²) in [5, 5.41) is 0. The van der Waals surface area contributed by atoms with Gasteiger partial charge in [-0.2, -0.15) is 0 Å². The number of aromatic nitrogens is 1. The molecule has 0 spiro atoms. The number of hydrogen-bond acceptors (Lipinski definition) is 4. The van der Waals surface area contributed by atoms with E-state index >= 15 is 0 Å². The van der Waals surface area contributed by atoms with E-state index < -0.39 is 0 Å². The molecule has 1 fully saturated rings. The van der Waals surface area contributed by atoms with Crippen molar-refractivity contribution in [2.75, 3.05) is 26.8 Å². The van der Waals surface area contributed by atoms with Gasteiger partial charge in [0.2, 0.25) is 0 Å². The Hall–Kier alpha value is -1.82. The van der Waals surface area contributed by atoms with E-state index in [0.29, 0.717) is 25.4 Å². The molecule has 104 valence electrons. The van der Waals surface area contributed by atoms with Crippen LogP contribution in [0.25, 0.3) is 0 Å². The fraction of sp³-hybridized carbons (Fsp3) is 0.538. The van der Waals surface area contributed by atoms with E-state index in [-0.39, 0.29) is 24.4 Å². The first-order valence-electron chi connectivity index (χ1n) is 6.21. The Morgan fingerprint density at radius 1 is 1.53 bits per heavy atom. The number of ether oxygens (including phenoxy) is 2. The van der Waals surface area contributed by atoms with Crippen molar-refractivity contribution < 1.29 is 19.1 Å². The Balaban J connectivity index is 1.99. The Morgan fingerprint density at radius 3 is 2.95 bits per heavy atom. The van der Waals surface area contributed by atoms with Crippen molar-refractivity contribution in [1.29, 1.82) is 0 Å². The minimum Gasteiger partial charge on any atom is -0.469 e. The van der Waals surface area contributed by atoms with Crippen LogP contribution in [0.5, 0.6) is 0 Å². The van der Waals surface area contributed by atoms with Crippen molar-refractivity contribution in [2.45, 2.75) is 12.5 Å². The number of nitrogens with zero attached hydrogens (tertiary/aromatic N) is 2. The van der Waals surface area contributed by atoms with Gasteiger partial charge in [0.15, 0.2) is 0 Å². The second-order valence-corrected chi connectivity index (χ2v) is 4.53. The molecule has 0 aliphatic carbocycles. The number of morpholine rings is 1. The van der Waals surface area contributed by atoms with Crippen LogP contribution in [0.1, 0.15) is 16.9 Å². The molecule has 0 saturated carbocycles. The number of rotatable bonds is 3. The highest BCUT2D eigenvalue weighted by atomic mass is 16.5. The predicted octanol–water partition coefficient (Wildman–Crippen LogP) is 0.429. The number of carbonyl (C=O) groups is 2. The van der Waals surface area contributed by atoms with Crippen molar-refractivity contribution in [3.63, 3.8) is 0 Å². The third-order valence-corrected chi connectivity index (χ3v) is 3.21. The summed E-state index contributed by atoms with van der Waals surface area (Å²) in [6.45, 7) is 1.40. The highest BCUT2D eigenvalue weighted by Crippen LogP contribution is 2.13. The molecule has 0 bridgehead atoms. The molecule has 2 heterocycles. The third-order valence-electron chi connectivity index (χ3n) is 3.21. The topological polar surface area (TPSA) is 60.8 Å². The number of hydrogen-bond donors (Lipinski definition) is 0. The van der Waals surface area contributed by atoms with E-state index in [0.717, 1.165) is 0 Å². The average molecular weight is 266 g/mol. The molecule has 1 amide bonds. The molecule has 0 aromatic carbocycles. The summed E-state index contributed by atoms with van der Waals surface area (Å²) in [7, 11) is 3.18. The number of methoxy groups -OCH3 is 1. The summed E-state index contributed by atoms with van der Waals surface area (Å²) in [6, 6.07) is 3.62. The van der Waals surface area contributed by atoms with Crippen LogP contribution in [0, 0.1) is 0 Å². The first-order valence-corrected chi connectivity index (χ1v) is 6.21. The normalized spacial score (nSPS) is 19.3. The van der Waals surface area contributed by atoms with Gasteiger partial charge in [-0.1, -0.05) is 0 Å². The molecule has 1 aromatic heterocycles. The second kappa shape index (κ2) is 5.88. The van der Waals surface area contributed by atoms with Crippen LogP contribution in [0.4, 0.5) is 0 Å². The monoisotopic (exact) mass is 266 g/mol. The van der Waals surface area contributed by atoms with Crippen molar-refractivity contribution >= 4 is 11.9 Å². The Morgan fingerprint density at radius 2 is 2.32 bits per heavy atom. The highest BCUT2D eigenvalue weighted by molar-refractivity contribution is 5.92. The fourth-order valence-corrected chi connectivity index (χ4v) is 2.14. The van der Waals surface area contributed by atoms with Gasteiger partial charge in [-0.3, -0.25) is 9.59 Å². The van der Waals surface area contributed by atoms with Gasteiger partial charge < -0.3 is 18.9 Å². The summed E-state index contributed by atoms with van der Waals surface area (Å²) in [6.07, 6.45) is 1.72. The minimum atomic E-state index is -0.321. The van der Waals surface area contributed by atoms with Gasteiger partial charge in [0.25, 0.3) is 5.91 Å². The van der Waals surface area contributed by atoms with Crippen molar-refractivity contribution in [2.24, 2.45) is 7.05 Å². The van der Waals surface area contributed by atoms with E-state index in [1.165, 1.54) is 7.11 Å². The summed E-state index contributed by atoms with van der Waals surface area (Å²) in [5.74, 6) is -0.358. The minimum absolute atomic E-state index is 0.0364. The van der Waals surface area contributed by atoms with Crippen molar-refractivity contribution in [3.05, 3.63) is 24.0 Å². The van der Waals surface area contributed by atoms with Crippen LogP contribution in [0.2, 0.25) is 0 Å². The predicted molar refractivity (Wildman–Crippen MR) is 67.7 cm³/mol. The van der Waals surface area contributed by atoms with Gasteiger partial charge in [0, 0.05) is 26.3 Å². The molecular formula is C13H18N2O4. The molecule has 1 atom stereocenters. The summed E-state index contributed by atoms with van der Waals surface area (Å²) < 4.78 is 11.9. The first kappa shape index (κ1) is 13.6. The molecule has 6 nitrogen and oxygen atoms in total. The number of aryl methyl sites for hydroxylation is 1. The van der Waals surface area contributed by atoms with Crippen LogP contribution < -0.4 is 0 Å². The van der Waals surface area contributed by atoms with Gasteiger partial charge in [0.05, 0.1) is 26.2 Å². The number of amides is 1. The molecule has 6 heteroatoms. The summed E-state index contributed by atoms with van der Waals surface area (Å²) in [5.41, 5.74) is 0.638. The summed E-state index contributed by atoms with van der Waals surface area (Å²) >= 11 is 0. The van der Waals surface area contributed by atoms with E-state index in [1.807, 2.05) is 19.3 Å². The standard InChI is InChI=1S/C13H18N2O4/c1-14-5-3-4-11(14)13(17)15-6-7-19-10(9-15)8-12(16)18-2/h3-5,10H,6-9H2,1-2H3. The molecule has 2 rings (SSSR count). The quantitative estimate of drug-likeness (QED) is 0.744. The van der Waals surface area contributed by atoms with Crippen LogP contribution in [-0.4, -0.2) is 54.3 Å². The lowest BCUT2D eigenvalue weighted by molar-refractivity contribution is -0.145. The van der Waals surface area contributed by atoms with Gasteiger partial charge in [0.1, 0.15) is 5.69 Å². The highest BCUT2D eigenvalue weighted by Gasteiger charge is 2.27. The van der Waals surface area contributed by atoms with Crippen LogP contribution >= 0.6 is 0 Å². The lowest BCUT2D eigenvalue weighted by atomic mass is 10.2. The summed E-state index contributed by atoms with van der Waals surface area (Å²) in [4.78, 5) is 25.3. The van der Waals surface area contributed by atoms with Crippen LogP contribution in [0.3, 0.4) is 0 Å². The zero-order valence-corrected chi connectivity index (χ0v) is 11.2. The number of esters is 1. The Bertz CT molecular complexity index is 469. The van der Waals surface area contributed by atoms with Crippen LogP contribution in [0.15, 0.2) is 18.3 Å². The molecule has 0 N–H and O–H groups in total. The molecular weight excluding hydrogens is 248 g/mol. The molecule has 0 radical (unpaired) electrons. The Labute approximate surface area is 111 Å². The lowest BCUT2D eigenvalue weighted by Gasteiger charge is -2.32. The SMILES string of the molecule is COC(=O)CC1CN(C(=O)c2cccn2C)CCO1. The molecule has 1 aliphatic heterocycles. The Kier molecular flexibility index (Phi) is 4.21. The smallest absolute Gasteiger partial charge is 0.308 e. The van der Waals surface area contributed by atoms with Crippen LogP contribution in [-0.2, 0) is 21.3 Å². The van der Waals surface area contributed by atoms with E-state index in [4.69, 9.17) is 4.74 Å². The van der Waals surface area contributed by atoms with Gasteiger partial charge in [-0.25, -0.2) is 0 Å². The molecule has 1 unspecified atom stereocenters. The maximum Gasteiger partial charge on any atom is 0.308 e. The fourth-order valence-electron chi connectivity index (χ4n) is 2.14. The largest absolute Gasteiger partial charge is 0.469 e. The molecule has 19 heavy (non-hydrogen) atoms. The van der Waals surface area contributed by atoms with Crippen molar-refractivity contribution in [1.82, 2.24) is 9.47 Å². The maximum absolute atomic E-state index is 12.3. The van der Waals surface area contributed by atoms with Gasteiger partial charge in [-0.15, -0.1) is 0 Å². The zero-order chi connectivity index (χ0) is 13.8. The van der Waals surface area contributed by atoms with Crippen molar-refractivity contribution in [3.8, 4) is 0 Å². The number of carbonyl (C=O) groups excluding carboxylic acids is 2. The average Bonchev–Trinajstić information content (AvgIpc) is 2.84. The first-order chi connectivity index (χ1) is 9.11. The van der Waals surface area contributed by atoms with Gasteiger partial charge in [-0.05, 0) is 12.1 Å². The zero-order valence-electron chi connectivity index (χ0n) is 11.2. The molecule has 1 aromatic rings. The lowest BCUT2D eigenvalue weighted by Crippen LogP contribution is -2.46. The van der Waals surface area contributed by atoms with Gasteiger partial charge >= 0.3 is 5.97 Å². The van der Waals surface area contributed by atoms with E-state index in [2.05, 4.69) is 4.74 Å². The maximum atomic E-state index is 12.3. The van der Waals surface area contributed by atoms with E-state index in [9.17, 15) is 9.59 Å². The van der Waals surface area contributed by atoms with E-state index in [1.54, 1.807) is 15.5 Å².